The molecule has 0 spiro atoms. The van der Waals surface area contributed by atoms with Gasteiger partial charge in [0.05, 0.1) is 20.8 Å². The molecule has 0 aliphatic rings. The Labute approximate surface area is 153 Å². The molecule has 2 rings (SSSR count). The highest BCUT2D eigenvalue weighted by Crippen LogP contribution is 2.33. The Morgan fingerprint density at radius 3 is 2.42 bits per heavy atom. The molecular formula is C16H12Cl3FN2O2. The second-order valence-corrected chi connectivity index (χ2v) is 5.95. The van der Waals surface area contributed by atoms with Gasteiger partial charge in [-0.15, -0.1) is 0 Å². The largest absolute Gasteiger partial charge is 0.482 e. The highest BCUT2D eigenvalue weighted by atomic mass is 35.5. The van der Waals surface area contributed by atoms with Crippen LogP contribution in [0, 0.1) is 5.82 Å². The van der Waals surface area contributed by atoms with Gasteiger partial charge in [0.1, 0.15) is 11.6 Å². The SMILES string of the molecule is CC(=NNC(=O)COc1cc(Cl)c(Cl)cc1Cl)c1ccc(F)cc1. The lowest BCUT2D eigenvalue weighted by molar-refractivity contribution is -0.123. The van der Waals surface area contributed by atoms with Gasteiger partial charge in [-0.25, -0.2) is 9.82 Å². The number of ether oxygens (including phenoxy) is 1. The lowest BCUT2D eigenvalue weighted by Gasteiger charge is -2.08. The second kappa shape index (κ2) is 8.33. The number of carbonyl (C=O) groups is 1. The van der Waals surface area contributed by atoms with Gasteiger partial charge in [-0.2, -0.15) is 5.10 Å². The summed E-state index contributed by atoms with van der Waals surface area (Å²) in [6.45, 7) is 1.38. The summed E-state index contributed by atoms with van der Waals surface area (Å²) >= 11 is 17.6. The molecule has 0 bridgehead atoms. The van der Waals surface area contributed by atoms with Crippen molar-refractivity contribution in [3.63, 3.8) is 0 Å². The Morgan fingerprint density at radius 1 is 1.12 bits per heavy atom. The molecule has 0 aliphatic carbocycles. The third-order valence-electron chi connectivity index (χ3n) is 2.94. The molecule has 0 saturated heterocycles. The molecule has 2 aromatic carbocycles. The zero-order valence-corrected chi connectivity index (χ0v) is 14.7. The first-order valence-electron chi connectivity index (χ1n) is 6.73. The number of amides is 1. The van der Waals surface area contributed by atoms with Gasteiger partial charge in [-0.3, -0.25) is 4.79 Å². The van der Waals surface area contributed by atoms with E-state index in [1.165, 1.54) is 24.3 Å². The van der Waals surface area contributed by atoms with Crippen LogP contribution in [-0.2, 0) is 4.79 Å². The van der Waals surface area contributed by atoms with Crippen LogP contribution < -0.4 is 10.2 Å². The molecule has 0 radical (unpaired) electrons. The minimum absolute atomic E-state index is 0.237. The van der Waals surface area contributed by atoms with E-state index in [0.29, 0.717) is 11.3 Å². The fourth-order valence-electron chi connectivity index (χ4n) is 1.69. The molecule has 0 unspecified atom stereocenters. The Hall–Kier alpha value is -1.82. The van der Waals surface area contributed by atoms with E-state index in [1.807, 2.05) is 0 Å². The first-order chi connectivity index (χ1) is 11.4. The lowest BCUT2D eigenvalue weighted by atomic mass is 10.1. The molecule has 2 aromatic rings. The van der Waals surface area contributed by atoms with Crippen LogP contribution in [0.3, 0.4) is 0 Å². The quantitative estimate of drug-likeness (QED) is 0.457. The molecule has 1 N–H and O–H groups in total. The average Bonchev–Trinajstić information content (AvgIpc) is 2.55. The van der Waals surface area contributed by atoms with Gasteiger partial charge in [0.15, 0.2) is 6.61 Å². The number of benzene rings is 2. The van der Waals surface area contributed by atoms with Crippen molar-refractivity contribution in [1.82, 2.24) is 5.43 Å². The third-order valence-corrected chi connectivity index (χ3v) is 3.96. The summed E-state index contributed by atoms with van der Waals surface area (Å²) in [5, 5.41) is 4.72. The number of nitrogens with zero attached hydrogens (tertiary/aromatic N) is 1. The van der Waals surface area contributed by atoms with Gasteiger partial charge in [0, 0.05) is 6.07 Å². The summed E-state index contributed by atoms with van der Waals surface area (Å²) in [6, 6.07) is 8.60. The molecule has 0 heterocycles. The summed E-state index contributed by atoms with van der Waals surface area (Å²) in [4.78, 5) is 11.8. The van der Waals surface area contributed by atoms with Gasteiger partial charge < -0.3 is 4.74 Å². The van der Waals surface area contributed by atoms with E-state index >= 15 is 0 Å². The van der Waals surface area contributed by atoms with Crippen LogP contribution in [0.1, 0.15) is 12.5 Å². The van der Waals surface area contributed by atoms with Crippen LogP contribution in [0.15, 0.2) is 41.5 Å². The third kappa shape index (κ3) is 5.09. The molecular weight excluding hydrogens is 378 g/mol. The van der Waals surface area contributed by atoms with E-state index in [9.17, 15) is 9.18 Å². The summed E-state index contributed by atoms with van der Waals surface area (Å²) < 4.78 is 18.1. The maximum absolute atomic E-state index is 12.9. The van der Waals surface area contributed by atoms with Gasteiger partial charge >= 0.3 is 0 Å². The van der Waals surface area contributed by atoms with E-state index in [2.05, 4.69) is 10.5 Å². The minimum Gasteiger partial charge on any atom is -0.482 e. The van der Waals surface area contributed by atoms with Gasteiger partial charge in [0.25, 0.3) is 5.91 Å². The maximum atomic E-state index is 12.9. The van der Waals surface area contributed by atoms with Gasteiger partial charge in [-0.05, 0) is 30.7 Å². The number of halogens is 4. The van der Waals surface area contributed by atoms with E-state index in [-0.39, 0.29) is 33.2 Å². The first kappa shape index (κ1) is 18.5. The molecule has 0 aromatic heterocycles. The molecule has 0 fully saturated rings. The van der Waals surface area contributed by atoms with E-state index in [1.54, 1.807) is 19.1 Å². The number of hydrazone groups is 1. The molecule has 1 amide bonds. The minimum atomic E-state index is -0.487. The zero-order valence-electron chi connectivity index (χ0n) is 12.4. The lowest BCUT2D eigenvalue weighted by Crippen LogP contribution is -2.25. The molecule has 4 nitrogen and oxygen atoms in total. The molecule has 126 valence electrons. The number of hydrogen-bond donors (Lipinski definition) is 1. The van der Waals surface area contributed by atoms with Crippen molar-refractivity contribution >= 4 is 46.4 Å². The van der Waals surface area contributed by atoms with Crippen molar-refractivity contribution < 1.29 is 13.9 Å². The standard InChI is InChI=1S/C16H12Cl3FN2O2/c1-9(10-2-4-11(20)5-3-10)21-22-16(23)8-24-15-7-13(18)12(17)6-14(15)19/h2-7H,8H2,1H3,(H,22,23). The first-order valence-corrected chi connectivity index (χ1v) is 7.86. The van der Waals surface area contributed by atoms with E-state index in [4.69, 9.17) is 39.5 Å². The number of carbonyl (C=O) groups excluding carboxylic acids is 1. The summed E-state index contributed by atoms with van der Waals surface area (Å²) in [5.41, 5.74) is 3.55. The van der Waals surface area contributed by atoms with Crippen molar-refractivity contribution in [2.45, 2.75) is 6.92 Å². The fourth-order valence-corrected chi connectivity index (χ4v) is 2.28. The molecule has 0 atom stereocenters. The fraction of sp³-hybridized carbons (Fsp3) is 0.125. The van der Waals surface area contributed by atoms with Crippen molar-refractivity contribution in [2.24, 2.45) is 5.10 Å². The highest BCUT2D eigenvalue weighted by Gasteiger charge is 2.09. The van der Waals surface area contributed by atoms with Gasteiger partial charge in [-0.1, -0.05) is 46.9 Å². The molecule has 0 aliphatic heterocycles. The van der Waals surface area contributed by atoms with Crippen LogP contribution in [0.25, 0.3) is 0 Å². The van der Waals surface area contributed by atoms with Crippen LogP contribution in [0.4, 0.5) is 4.39 Å². The van der Waals surface area contributed by atoms with Crippen LogP contribution in [0.2, 0.25) is 15.1 Å². The highest BCUT2D eigenvalue weighted by molar-refractivity contribution is 6.43. The van der Waals surface area contributed by atoms with Crippen molar-refractivity contribution in [3.05, 3.63) is 62.8 Å². The predicted molar refractivity (Wildman–Crippen MR) is 93.7 cm³/mol. The van der Waals surface area contributed by atoms with Gasteiger partial charge in [0.2, 0.25) is 0 Å². The summed E-state index contributed by atoms with van der Waals surface area (Å²) in [7, 11) is 0. The topological polar surface area (TPSA) is 50.7 Å². The van der Waals surface area contributed by atoms with Crippen molar-refractivity contribution in [2.75, 3.05) is 6.61 Å². The Balaban J connectivity index is 1.93. The second-order valence-electron chi connectivity index (χ2n) is 4.72. The van der Waals surface area contributed by atoms with E-state index < -0.39 is 5.91 Å². The Bertz CT molecular complexity index is 780. The zero-order chi connectivity index (χ0) is 17.7. The summed E-state index contributed by atoms with van der Waals surface area (Å²) in [5.74, 6) is -0.596. The van der Waals surface area contributed by atoms with Crippen LogP contribution in [-0.4, -0.2) is 18.2 Å². The van der Waals surface area contributed by atoms with Crippen LogP contribution in [0.5, 0.6) is 5.75 Å². The Kier molecular flexibility index (Phi) is 6.43. The molecule has 0 saturated carbocycles. The average molecular weight is 390 g/mol. The van der Waals surface area contributed by atoms with Crippen LogP contribution >= 0.6 is 34.8 Å². The van der Waals surface area contributed by atoms with Crippen molar-refractivity contribution in [3.8, 4) is 5.75 Å². The number of rotatable bonds is 5. The molecule has 24 heavy (non-hydrogen) atoms. The van der Waals surface area contributed by atoms with E-state index in [0.717, 1.165) is 0 Å². The number of hydrogen-bond acceptors (Lipinski definition) is 3. The summed E-state index contributed by atoms with van der Waals surface area (Å²) in [6.07, 6.45) is 0. The van der Waals surface area contributed by atoms with Crippen molar-refractivity contribution in [1.29, 1.82) is 0 Å². The number of nitrogens with one attached hydrogen (secondary N) is 1. The predicted octanol–water partition coefficient (Wildman–Crippen LogP) is 4.71. The maximum Gasteiger partial charge on any atom is 0.277 e. The molecule has 8 heteroatoms. The Morgan fingerprint density at radius 2 is 1.75 bits per heavy atom. The monoisotopic (exact) mass is 388 g/mol. The normalized spacial score (nSPS) is 11.3. The smallest absolute Gasteiger partial charge is 0.277 e.